The fourth-order valence-electron chi connectivity index (χ4n) is 3.89. The van der Waals surface area contributed by atoms with Crippen LogP contribution in [0.25, 0.3) is 0 Å². The molecule has 3 heteroatoms. The standard InChI is InChI=1S/C18H37N3/c1-16(2)18(21-13-11-20(3)12-14-21)15-19-17-9-7-5-4-6-8-10-17/h16-19H,4-15H2,1-3H3. The van der Waals surface area contributed by atoms with Gasteiger partial charge in [0.2, 0.25) is 0 Å². The van der Waals surface area contributed by atoms with Crippen LogP contribution in [0.1, 0.15) is 58.8 Å². The highest BCUT2D eigenvalue weighted by molar-refractivity contribution is 4.83. The fraction of sp³-hybridized carbons (Fsp3) is 1.00. The molecule has 1 N–H and O–H groups in total. The highest BCUT2D eigenvalue weighted by atomic mass is 15.3. The van der Waals surface area contributed by atoms with Crippen LogP contribution in [0.3, 0.4) is 0 Å². The van der Waals surface area contributed by atoms with E-state index in [4.69, 9.17) is 0 Å². The van der Waals surface area contributed by atoms with Gasteiger partial charge in [-0.1, -0.05) is 46.0 Å². The minimum Gasteiger partial charge on any atom is -0.312 e. The summed E-state index contributed by atoms with van der Waals surface area (Å²) in [7, 11) is 2.24. The fourth-order valence-corrected chi connectivity index (χ4v) is 3.89. The van der Waals surface area contributed by atoms with Gasteiger partial charge in [0.05, 0.1) is 0 Å². The highest BCUT2D eigenvalue weighted by Gasteiger charge is 2.25. The van der Waals surface area contributed by atoms with E-state index in [9.17, 15) is 0 Å². The molecule has 0 bridgehead atoms. The van der Waals surface area contributed by atoms with Crippen LogP contribution in [-0.4, -0.2) is 61.7 Å². The van der Waals surface area contributed by atoms with E-state index in [1.807, 2.05) is 0 Å². The van der Waals surface area contributed by atoms with Gasteiger partial charge in [-0.2, -0.15) is 0 Å². The zero-order valence-corrected chi connectivity index (χ0v) is 14.6. The predicted molar refractivity (Wildman–Crippen MR) is 91.8 cm³/mol. The Morgan fingerprint density at radius 2 is 1.48 bits per heavy atom. The van der Waals surface area contributed by atoms with Gasteiger partial charge in [0.1, 0.15) is 0 Å². The molecule has 21 heavy (non-hydrogen) atoms. The van der Waals surface area contributed by atoms with Gasteiger partial charge < -0.3 is 10.2 Å². The number of nitrogens with zero attached hydrogens (tertiary/aromatic N) is 2. The summed E-state index contributed by atoms with van der Waals surface area (Å²) in [5, 5.41) is 3.92. The molecule has 124 valence electrons. The van der Waals surface area contributed by atoms with Crippen molar-refractivity contribution in [3.05, 3.63) is 0 Å². The molecule has 0 aromatic rings. The summed E-state index contributed by atoms with van der Waals surface area (Å²) in [6.07, 6.45) is 10.0. The summed E-state index contributed by atoms with van der Waals surface area (Å²) in [6, 6.07) is 1.49. The Labute approximate surface area is 132 Å². The minimum absolute atomic E-state index is 0.712. The van der Waals surface area contributed by atoms with Gasteiger partial charge in [-0.05, 0) is 25.8 Å². The number of nitrogens with one attached hydrogen (secondary N) is 1. The van der Waals surface area contributed by atoms with Crippen LogP contribution in [0.5, 0.6) is 0 Å². The maximum Gasteiger partial charge on any atom is 0.0244 e. The van der Waals surface area contributed by atoms with Crippen LogP contribution >= 0.6 is 0 Å². The first-order valence-electron chi connectivity index (χ1n) is 9.33. The Morgan fingerprint density at radius 1 is 0.905 bits per heavy atom. The SMILES string of the molecule is CC(C)C(CNC1CCCCCCC1)N1CCN(C)CC1. The van der Waals surface area contributed by atoms with E-state index in [1.165, 1.54) is 77.7 Å². The molecule has 1 aliphatic heterocycles. The number of likely N-dealkylation sites (N-methyl/N-ethyl adjacent to an activating group) is 1. The Balaban J connectivity index is 1.78. The van der Waals surface area contributed by atoms with Gasteiger partial charge in [-0.3, -0.25) is 4.90 Å². The summed E-state index contributed by atoms with van der Waals surface area (Å²) in [5.41, 5.74) is 0. The van der Waals surface area contributed by atoms with Crippen LogP contribution < -0.4 is 5.32 Å². The van der Waals surface area contributed by atoms with Gasteiger partial charge in [-0.25, -0.2) is 0 Å². The second kappa shape index (κ2) is 9.12. The van der Waals surface area contributed by atoms with Crippen molar-refractivity contribution in [2.24, 2.45) is 5.92 Å². The summed E-state index contributed by atoms with van der Waals surface area (Å²) in [6.45, 7) is 10.9. The molecule has 1 aliphatic carbocycles. The Kier molecular flexibility index (Phi) is 7.48. The maximum atomic E-state index is 3.92. The average Bonchev–Trinajstić information content (AvgIpc) is 2.42. The van der Waals surface area contributed by atoms with Crippen molar-refractivity contribution in [3.63, 3.8) is 0 Å². The molecule has 2 fully saturated rings. The van der Waals surface area contributed by atoms with Crippen molar-refractivity contribution in [1.29, 1.82) is 0 Å². The van der Waals surface area contributed by atoms with Crippen LogP contribution in [0.15, 0.2) is 0 Å². The Morgan fingerprint density at radius 3 is 2.05 bits per heavy atom. The molecule has 3 nitrogen and oxygen atoms in total. The number of piperazine rings is 1. The van der Waals surface area contributed by atoms with Gasteiger partial charge in [-0.15, -0.1) is 0 Å². The Hall–Kier alpha value is -0.120. The lowest BCUT2D eigenvalue weighted by atomic mass is 9.95. The molecule has 1 saturated carbocycles. The molecule has 0 spiro atoms. The third-order valence-corrected chi connectivity index (χ3v) is 5.50. The van der Waals surface area contributed by atoms with Gasteiger partial charge in [0.15, 0.2) is 0 Å². The summed E-state index contributed by atoms with van der Waals surface area (Å²) in [5.74, 6) is 0.745. The lowest BCUT2D eigenvalue weighted by Crippen LogP contribution is -2.54. The lowest BCUT2D eigenvalue weighted by molar-refractivity contribution is 0.0853. The van der Waals surface area contributed by atoms with Crippen LogP contribution in [0.2, 0.25) is 0 Å². The number of hydrogen-bond acceptors (Lipinski definition) is 3. The molecule has 0 amide bonds. The molecule has 1 atom stereocenters. The number of hydrogen-bond donors (Lipinski definition) is 1. The van der Waals surface area contributed by atoms with E-state index < -0.39 is 0 Å². The second-order valence-corrected chi connectivity index (χ2v) is 7.60. The molecule has 2 aliphatic rings. The number of rotatable bonds is 5. The van der Waals surface area contributed by atoms with E-state index in [2.05, 4.69) is 36.0 Å². The summed E-state index contributed by atoms with van der Waals surface area (Å²) in [4.78, 5) is 5.18. The van der Waals surface area contributed by atoms with Crippen molar-refractivity contribution >= 4 is 0 Å². The molecule has 1 saturated heterocycles. The molecule has 0 aromatic carbocycles. The maximum absolute atomic E-state index is 3.92. The van der Waals surface area contributed by atoms with Crippen LogP contribution in [-0.2, 0) is 0 Å². The zero-order valence-electron chi connectivity index (χ0n) is 14.6. The lowest BCUT2D eigenvalue weighted by Gasteiger charge is -2.40. The molecular formula is C18H37N3. The first-order chi connectivity index (χ1) is 10.2. The highest BCUT2D eigenvalue weighted by Crippen LogP contribution is 2.18. The minimum atomic E-state index is 0.712. The molecule has 1 heterocycles. The van der Waals surface area contributed by atoms with Crippen LogP contribution in [0.4, 0.5) is 0 Å². The van der Waals surface area contributed by atoms with Gasteiger partial charge in [0, 0.05) is 44.8 Å². The van der Waals surface area contributed by atoms with Gasteiger partial charge >= 0.3 is 0 Å². The summed E-state index contributed by atoms with van der Waals surface area (Å²) < 4.78 is 0. The van der Waals surface area contributed by atoms with Crippen LogP contribution in [0, 0.1) is 5.92 Å². The smallest absolute Gasteiger partial charge is 0.0244 e. The van der Waals surface area contributed by atoms with Gasteiger partial charge in [0.25, 0.3) is 0 Å². The van der Waals surface area contributed by atoms with Crippen molar-refractivity contribution in [1.82, 2.24) is 15.1 Å². The van der Waals surface area contributed by atoms with E-state index in [0.29, 0.717) is 6.04 Å². The second-order valence-electron chi connectivity index (χ2n) is 7.60. The monoisotopic (exact) mass is 295 g/mol. The normalized spacial score (nSPS) is 25.7. The molecule has 1 unspecified atom stereocenters. The quantitative estimate of drug-likeness (QED) is 0.841. The molecule has 2 rings (SSSR count). The molecule has 0 radical (unpaired) electrons. The largest absolute Gasteiger partial charge is 0.312 e. The third kappa shape index (κ3) is 5.88. The van der Waals surface area contributed by atoms with E-state index in [1.54, 1.807) is 0 Å². The first-order valence-corrected chi connectivity index (χ1v) is 9.33. The average molecular weight is 296 g/mol. The first kappa shape index (κ1) is 17.2. The third-order valence-electron chi connectivity index (χ3n) is 5.50. The molecule has 0 aromatic heterocycles. The van der Waals surface area contributed by atoms with Crippen molar-refractivity contribution in [3.8, 4) is 0 Å². The van der Waals surface area contributed by atoms with E-state index in [0.717, 1.165) is 12.0 Å². The van der Waals surface area contributed by atoms with E-state index in [-0.39, 0.29) is 0 Å². The predicted octanol–water partition coefficient (Wildman–Crippen LogP) is 2.96. The zero-order chi connectivity index (χ0) is 15.1. The molecular weight excluding hydrogens is 258 g/mol. The van der Waals surface area contributed by atoms with Crippen molar-refractivity contribution in [2.75, 3.05) is 39.8 Å². The Bertz CT molecular complexity index is 264. The summed E-state index contributed by atoms with van der Waals surface area (Å²) >= 11 is 0. The van der Waals surface area contributed by atoms with Crippen molar-refractivity contribution < 1.29 is 0 Å². The topological polar surface area (TPSA) is 18.5 Å². The van der Waals surface area contributed by atoms with Crippen molar-refractivity contribution in [2.45, 2.75) is 70.9 Å². The van der Waals surface area contributed by atoms with E-state index >= 15 is 0 Å².